The maximum Gasteiger partial charge on any atom is 0.166 e. The summed E-state index contributed by atoms with van der Waals surface area (Å²) in [5, 5.41) is 4.09. The quantitative estimate of drug-likeness (QED) is 0.832. The van der Waals surface area contributed by atoms with E-state index in [0.717, 1.165) is 17.9 Å². The second-order valence-electron chi connectivity index (χ2n) is 4.42. The highest BCUT2D eigenvalue weighted by Crippen LogP contribution is 2.35. The molecule has 1 aromatic rings. The molecule has 0 aromatic heterocycles. The second kappa shape index (κ2) is 7.04. The van der Waals surface area contributed by atoms with Crippen molar-refractivity contribution in [3.63, 3.8) is 0 Å². The first kappa shape index (κ1) is 14.5. The summed E-state index contributed by atoms with van der Waals surface area (Å²) in [4.78, 5) is 0. The highest BCUT2D eigenvalue weighted by Gasteiger charge is 2.21. The molecule has 1 N–H and O–H groups in total. The van der Waals surface area contributed by atoms with Crippen LogP contribution in [0, 0.1) is 0 Å². The van der Waals surface area contributed by atoms with Gasteiger partial charge in [0.15, 0.2) is 11.5 Å². The lowest BCUT2D eigenvalue weighted by Gasteiger charge is -2.15. The molecule has 1 saturated carbocycles. The lowest BCUT2D eigenvalue weighted by molar-refractivity contribution is 0.322. The van der Waals surface area contributed by atoms with Crippen LogP contribution in [0.5, 0.6) is 11.5 Å². The van der Waals surface area contributed by atoms with Crippen LogP contribution in [0.4, 0.5) is 0 Å². The molecule has 0 unspecified atom stereocenters. The maximum absolute atomic E-state index is 6.09. The molecule has 0 spiro atoms. The molecule has 1 aliphatic carbocycles. The summed E-state index contributed by atoms with van der Waals surface area (Å²) < 4.78 is 11.0. The van der Waals surface area contributed by atoms with Gasteiger partial charge in [0.2, 0.25) is 0 Å². The first-order valence-corrected chi connectivity index (χ1v) is 7.04. The normalized spacial score (nSPS) is 14.9. The molecule has 0 radical (unpaired) electrons. The zero-order valence-electron chi connectivity index (χ0n) is 10.8. The van der Waals surface area contributed by atoms with Crippen LogP contribution >= 0.6 is 23.2 Å². The predicted octanol–water partition coefficient (Wildman–Crippen LogP) is 3.73. The second-order valence-corrected chi connectivity index (χ2v) is 5.11. The topological polar surface area (TPSA) is 30.5 Å². The summed E-state index contributed by atoms with van der Waals surface area (Å²) in [6, 6.07) is 4.28. The van der Waals surface area contributed by atoms with Gasteiger partial charge in [0.05, 0.1) is 7.11 Å². The molecule has 19 heavy (non-hydrogen) atoms. The third kappa shape index (κ3) is 4.30. The van der Waals surface area contributed by atoms with Gasteiger partial charge in [-0.2, -0.15) is 0 Å². The van der Waals surface area contributed by atoms with Gasteiger partial charge in [0.25, 0.3) is 0 Å². The van der Waals surface area contributed by atoms with Crippen LogP contribution < -0.4 is 14.8 Å². The molecule has 1 fully saturated rings. The van der Waals surface area contributed by atoms with E-state index in [-0.39, 0.29) is 0 Å². The lowest BCUT2D eigenvalue weighted by Crippen LogP contribution is -2.16. The van der Waals surface area contributed by atoms with Gasteiger partial charge < -0.3 is 14.8 Å². The molecule has 0 heterocycles. The molecule has 104 valence electrons. The van der Waals surface area contributed by atoms with Crippen LogP contribution in [0.15, 0.2) is 23.7 Å². The van der Waals surface area contributed by atoms with Gasteiger partial charge in [-0.05, 0) is 25.0 Å². The molecule has 0 amide bonds. The lowest BCUT2D eigenvalue weighted by atomic mass is 10.2. The molecule has 1 aromatic carbocycles. The number of nitrogens with one attached hydrogen (secondary N) is 1. The van der Waals surface area contributed by atoms with E-state index in [1.165, 1.54) is 18.4 Å². The summed E-state index contributed by atoms with van der Waals surface area (Å²) in [5.41, 5.74) is 2.43. The molecule has 0 saturated heterocycles. The number of methoxy groups -OCH3 is 1. The van der Waals surface area contributed by atoms with Crippen LogP contribution in [0.1, 0.15) is 18.4 Å². The molecule has 0 aliphatic heterocycles. The molecule has 0 bridgehead atoms. The molecule has 0 atom stereocenters. The van der Waals surface area contributed by atoms with Gasteiger partial charge in [0.1, 0.15) is 6.61 Å². The summed E-state index contributed by atoms with van der Waals surface area (Å²) in [5.74, 6) is 1.36. The third-order valence-electron chi connectivity index (χ3n) is 2.89. The zero-order valence-corrected chi connectivity index (χ0v) is 12.3. The van der Waals surface area contributed by atoms with Crippen molar-refractivity contribution < 1.29 is 9.47 Å². The summed E-state index contributed by atoms with van der Waals surface area (Å²) >= 11 is 11.6. The number of benzene rings is 1. The standard InChI is InChI=1S/C14H17Cl2NO2/c1-18-13-8-11(16)7-10(9-17-12-3-4-12)14(13)19-6-2-5-15/h2,5,7-8,12,17H,3-4,6,9H2,1H3/b5-2+. The molecular formula is C14H17Cl2NO2. The smallest absolute Gasteiger partial charge is 0.166 e. The Kier molecular flexibility index (Phi) is 5.37. The number of ether oxygens (including phenoxy) is 2. The van der Waals surface area contributed by atoms with Crippen molar-refractivity contribution in [1.82, 2.24) is 5.32 Å². The van der Waals surface area contributed by atoms with E-state index in [9.17, 15) is 0 Å². The fraction of sp³-hybridized carbons (Fsp3) is 0.429. The fourth-order valence-electron chi connectivity index (χ4n) is 1.78. The minimum atomic E-state index is 0.401. The van der Waals surface area contributed by atoms with Crippen molar-refractivity contribution >= 4 is 23.2 Å². The zero-order chi connectivity index (χ0) is 13.7. The average molecular weight is 302 g/mol. The van der Waals surface area contributed by atoms with E-state index in [4.69, 9.17) is 32.7 Å². The third-order valence-corrected chi connectivity index (χ3v) is 3.28. The maximum atomic E-state index is 6.09. The van der Waals surface area contributed by atoms with E-state index >= 15 is 0 Å². The first-order valence-electron chi connectivity index (χ1n) is 6.22. The van der Waals surface area contributed by atoms with E-state index in [1.807, 2.05) is 6.07 Å². The van der Waals surface area contributed by atoms with Crippen molar-refractivity contribution in [2.24, 2.45) is 0 Å². The first-order chi connectivity index (χ1) is 9.24. The summed E-state index contributed by atoms with van der Waals surface area (Å²) in [7, 11) is 1.61. The van der Waals surface area contributed by atoms with E-state index in [2.05, 4.69) is 5.32 Å². The Balaban J connectivity index is 2.17. The van der Waals surface area contributed by atoms with Crippen LogP contribution in [0.2, 0.25) is 5.02 Å². The summed E-state index contributed by atoms with van der Waals surface area (Å²) in [6.07, 6.45) is 4.21. The van der Waals surface area contributed by atoms with Gasteiger partial charge in [0, 0.05) is 34.8 Å². The predicted molar refractivity (Wildman–Crippen MR) is 78.4 cm³/mol. The number of halogens is 2. The molecular weight excluding hydrogens is 285 g/mol. The number of hydrogen-bond acceptors (Lipinski definition) is 3. The molecule has 2 rings (SSSR count). The van der Waals surface area contributed by atoms with Crippen molar-refractivity contribution in [1.29, 1.82) is 0 Å². The van der Waals surface area contributed by atoms with Crippen LogP contribution in [0.25, 0.3) is 0 Å². The van der Waals surface area contributed by atoms with E-state index in [1.54, 1.807) is 19.3 Å². The van der Waals surface area contributed by atoms with Crippen LogP contribution in [-0.4, -0.2) is 19.8 Å². The van der Waals surface area contributed by atoms with Crippen LogP contribution in [-0.2, 0) is 6.54 Å². The molecule has 1 aliphatic rings. The highest BCUT2D eigenvalue weighted by molar-refractivity contribution is 6.30. The number of rotatable bonds is 7. The minimum absolute atomic E-state index is 0.401. The molecule has 5 heteroatoms. The summed E-state index contributed by atoms with van der Waals surface area (Å²) in [6.45, 7) is 1.12. The number of hydrogen-bond donors (Lipinski definition) is 1. The van der Waals surface area contributed by atoms with E-state index < -0.39 is 0 Å². The van der Waals surface area contributed by atoms with Crippen molar-refractivity contribution in [3.05, 3.63) is 34.3 Å². The minimum Gasteiger partial charge on any atom is -0.493 e. The van der Waals surface area contributed by atoms with Gasteiger partial charge in [-0.1, -0.05) is 23.2 Å². The SMILES string of the molecule is COc1cc(Cl)cc(CNC2CC2)c1OC/C=C/Cl. The van der Waals surface area contributed by atoms with Crippen molar-refractivity contribution in [3.8, 4) is 11.5 Å². The van der Waals surface area contributed by atoms with Crippen molar-refractivity contribution in [2.45, 2.75) is 25.4 Å². The van der Waals surface area contributed by atoms with Gasteiger partial charge in [-0.15, -0.1) is 0 Å². The largest absolute Gasteiger partial charge is 0.493 e. The Bertz CT molecular complexity index is 459. The van der Waals surface area contributed by atoms with Gasteiger partial charge in [-0.3, -0.25) is 0 Å². The average Bonchev–Trinajstić information content (AvgIpc) is 3.22. The van der Waals surface area contributed by atoms with Crippen molar-refractivity contribution in [2.75, 3.05) is 13.7 Å². The molecule has 3 nitrogen and oxygen atoms in total. The Morgan fingerprint density at radius 1 is 1.42 bits per heavy atom. The Labute approximate surface area is 123 Å². The van der Waals surface area contributed by atoms with Crippen LogP contribution in [0.3, 0.4) is 0 Å². The monoisotopic (exact) mass is 301 g/mol. The fourth-order valence-corrected chi connectivity index (χ4v) is 2.08. The van der Waals surface area contributed by atoms with E-state index in [0.29, 0.717) is 23.4 Å². The Morgan fingerprint density at radius 3 is 2.84 bits per heavy atom. The van der Waals surface area contributed by atoms with Gasteiger partial charge >= 0.3 is 0 Å². The highest BCUT2D eigenvalue weighted by atomic mass is 35.5. The Morgan fingerprint density at radius 2 is 2.21 bits per heavy atom. The van der Waals surface area contributed by atoms with Gasteiger partial charge in [-0.25, -0.2) is 0 Å². The Hall–Kier alpha value is -0.900.